The van der Waals surface area contributed by atoms with Crippen molar-refractivity contribution in [3.8, 4) is 11.3 Å². The molecule has 0 spiro atoms. The van der Waals surface area contributed by atoms with Gasteiger partial charge in [-0.1, -0.05) is 36.0 Å². The number of nitrogens with one attached hydrogen (secondary N) is 1. The Kier molecular flexibility index (Phi) is 5.51. The summed E-state index contributed by atoms with van der Waals surface area (Å²) in [5.41, 5.74) is 3.10. The number of carbonyl (C=O) groups is 1. The number of thioether (sulfide) groups is 1. The fourth-order valence-electron chi connectivity index (χ4n) is 2.89. The fraction of sp³-hybridized carbons (Fsp3) is 0.150. The molecule has 152 valence electrons. The summed E-state index contributed by atoms with van der Waals surface area (Å²) in [5, 5.41) is 16.4. The lowest BCUT2D eigenvalue weighted by atomic mass is 10.1. The number of aromatic nitrogens is 3. The van der Waals surface area contributed by atoms with Gasteiger partial charge in [0.25, 0.3) is 5.69 Å². The molecular weight excluding hydrogens is 422 g/mol. The number of carbonyl (C=O) groups excluding carboxylic acids is 1. The van der Waals surface area contributed by atoms with E-state index in [0.29, 0.717) is 16.4 Å². The van der Waals surface area contributed by atoms with Gasteiger partial charge in [0.2, 0.25) is 5.91 Å². The summed E-state index contributed by atoms with van der Waals surface area (Å²) in [6.07, 6.45) is 0. The molecule has 4 aromatic rings. The number of aryl methyl sites for hydroxylation is 1. The first-order valence-corrected chi connectivity index (χ1v) is 10.8. The predicted molar refractivity (Wildman–Crippen MR) is 119 cm³/mol. The van der Waals surface area contributed by atoms with Crippen molar-refractivity contribution in [2.24, 2.45) is 7.05 Å². The molecule has 30 heavy (non-hydrogen) atoms. The van der Waals surface area contributed by atoms with E-state index in [1.165, 1.54) is 35.2 Å². The number of nitrogens with zero attached hydrogens (tertiary/aromatic N) is 4. The molecule has 2 heterocycles. The average molecular weight is 440 g/mol. The third kappa shape index (κ3) is 4.05. The molecule has 1 N–H and O–H groups in total. The van der Waals surface area contributed by atoms with Crippen molar-refractivity contribution in [3.05, 3.63) is 64.0 Å². The number of hydrogen-bond acceptors (Lipinski definition) is 7. The number of para-hydroxylation sites is 2. The van der Waals surface area contributed by atoms with Gasteiger partial charge >= 0.3 is 0 Å². The minimum absolute atomic E-state index is 0.00133. The quantitative estimate of drug-likeness (QED) is 0.265. The largest absolute Gasteiger partial charge is 0.322 e. The van der Waals surface area contributed by atoms with Crippen molar-refractivity contribution in [2.45, 2.75) is 17.3 Å². The van der Waals surface area contributed by atoms with Gasteiger partial charge in [-0.05, 0) is 19.1 Å². The molecule has 10 heteroatoms. The second kappa shape index (κ2) is 8.25. The number of anilines is 1. The first kappa shape index (κ1) is 20.0. The van der Waals surface area contributed by atoms with Gasteiger partial charge in [-0.3, -0.25) is 14.9 Å². The van der Waals surface area contributed by atoms with Crippen molar-refractivity contribution >= 4 is 50.9 Å². The molecule has 2 aromatic carbocycles. The van der Waals surface area contributed by atoms with E-state index >= 15 is 0 Å². The van der Waals surface area contributed by atoms with E-state index in [1.54, 1.807) is 17.5 Å². The zero-order valence-corrected chi connectivity index (χ0v) is 17.7. The van der Waals surface area contributed by atoms with Crippen molar-refractivity contribution in [2.75, 3.05) is 5.32 Å². The molecule has 1 unspecified atom stereocenters. The Labute approximate surface area is 180 Å². The highest BCUT2D eigenvalue weighted by atomic mass is 32.2. The third-order valence-corrected chi connectivity index (χ3v) is 6.39. The Bertz CT molecular complexity index is 1250. The Hall–Kier alpha value is -3.24. The molecule has 8 nitrogen and oxygen atoms in total. The van der Waals surface area contributed by atoms with Crippen LogP contribution in [0, 0.1) is 10.1 Å². The Morgan fingerprint density at radius 3 is 2.80 bits per heavy atom. The molecule has 0 aliphatic carbocycles. The molecule has 0 aliphatic rings. The van der Waals surface area contributed by atoms with Crippen molar-refractivity contribution in [1.29, 1.82) is 0 Å². The van der Waals surface area contributed by atoms with E-state index in [4.69, 9.17) is 0 Å². The zero-order chi connectivity index (χ0) is 21.3. The lowest BCUT2D eigenvalue weighted by Gasteiger charge is -2.10. The second-order valence-corrected chi connectivity index (χ2v) is 8.70. The maximum absolute atomic E-state index is 12.6. The number of hydrogen-bond donors (Lipinski definition) is 1. The van der Waals surface area contributed by atoms with Gasteiger partial charge in [0.1, 0.15) is 0 Å². The van der Waals surface area contributed by atoms with E-state index in [1.807, 2.05) is 42.8 Å². The number of amides is 1. The van der Waals surface area contributed by atoms with E-state index < -0.39 is 4.92 Å². The highest BCUT2D eigenvalue weighted by molar-refractivity contribution is 8.00. The molecule has 0 bridgehead atoms. The van der Waals surface area contributed by atoms with Crippen molar-refractivity contribution in [1.82, 2.24) is 14.5 Å². The van der Waals surface area contributed by atoms with Crippen LogP contribution in [0.15, 0.2) is 59.1 Å². The van der Waals surface area contributed by atoms with Gasteiger partial charge in [-0.2, -0.15) is 0 Å². The van der Waals surface area contributed by atoms with Crippen LogP contribution in [0.2, 0.25) is 0 Å². The fourth-order valence-corrected chi connectivity index (χ4v) is 4.50. The van der Waals surface area contributed by atoms with Gasteiger partial charge in [-0.25, -0.2) is 9.97 Å². The SMILES string of the molecule is CC(Sc1nc2ccccc2n1C)C(=O)Nc1nc(-c2cccc([N+](=O)[O-])c2)cs1. The summed E-state index contributed by atoms with van der Waals surface area (Å²) in [6.45, 7) is 1.81. The molecule has 0 saturated carbocycles. The van der Waals surface area contributed by atoms with Gasteiger partial charge < -0.3 is 9.88 Å². The summed E-state index contributed by atoms with van der Waals surface area (Å²) >= 11 is 2.65. The molecule has 1 atom stereocenters. The van der Waals surface area contributed by atoms with Gasteiger partial charge in [0.15, 0.2) is 10.3 Å². The monoisotopic (exact) mass is 439 g/mol. The molecule has 1 amide bonds. The second-order valence-electron chi connectivity index (χ2n) is 6.54. The summed E-state index contributed by atoms with van der Waals surface area (Å²) in [5.74, 6) is -0.188. The first-order chi connectivity index (χ1) is 14.4. The van der Waals surface area contributed by atoms with Crippen LogP contribution in [0.1, 0.15) is 6.92 Å². The Morgan fingerprint density at radius 2 is 2.03 bits per heavy atom. The lowest BCUT2D eigenvalue weighted by molar-refractivity contribution is -0.384. The molecule has 0 saturated heterocycles. The van der Waals surface area contributed by atoms with Crippen LogP contribution in [-0.4, -0.2) is 30.6 Å². The minimum Gasteiger partial charge on any atom is -0.322 e. The number of nitro groups is 1. The van der Waals surface area contributed by atoms with Crippen LogP contribution in [0.3, 0.4) is 0 Å². The van der Waals surface area contributed by atoms with Crippen LogP contribution in [0.5, 0.6) is 0 Å². The first-order valence-electron chi connectivity index (χ1n) is 9.01. The van der Waals surface area contributed by atoms with Crippen LogP contribution >= 0.6 is 23.1 Å². The normalized spacial score (nSPS) is 12.1. The van der Waals surface area contributed by atoms with E-state index in [2.05, 4.69) is 15.3 Å². The van der Waals surface area contributed by atoms with E-state index in [0.717, 1.165) is 16.2 Å². The lowest BCUT2D eigenvalue weighted by Crippen LogP contribution is -2.22. The maximum Gasteiger partial charge on any atom is 0.270 e. The molecule has 0 radical (unpaired) electrons. The summed E-state index contributed by atoms with van der Waals surface area (Å²) in [4.78, 5) is 32.1. The minimum atomic E-state index is -0.446. The summed E-state index contributed by atoms with van der Waals surface area (Å²) in [7, 11) is 1.93. The van der Waals surface area contributed by atoms with Gasteiger partial charge in [0.05, 0.1) is 26.9 Å². The highest BCUT2D eigenvalue weighted by Crippen LogP contribution is 2.29. The van der Waals surface area contributed by atoms with Crippen LogP contribution < -0.4 is 5.32 Å². The average Bonchev–Trinajstić information content (AvgIpc) is 3.33. The molecule has 0 aliphatic heterocycles. The Balaban J connectivity index is 1.45. The van der Waals surface area contributed by atoms with Crippen molar-refractivity contribution < 1.29 is 9.72 Å². The zero-order valence-electron chi connectivity index (χ0n) is 16.1. The van der Waals surface area contributed by atoms with E-state index in [9.17, 15) is 14.9 Å². The number of thiazole rings is 1. The van der Waals surface area contributed by atoms with Crippen LogP contribution in [0.4, 0.5) is 10.8 Å². The molecule has 0 fully saturated rings. The number of imidazole rings is 1. The van der Waals surface area contributed by atoms with Crippen molar-refractivity contribution in [3.63, 3.8) is 0 Å². The topological polar surface area (TPSA) is 103 Å². The Morgan fingerprint density at radius 1 is 1.23 bits per heavy atom. The number of nitro benzene ring substituents is 1. The maximum atomic E-state index is 12.6. The number of fused-ring (bicyclic) bond motifs is 1. The predicted octanol–water partition coefficient (Wildman–Crippen LogP) is 4.72. The molecule has 4 rings (SSSR count). The highest BCUT2D eigenvalue weighted by Gasteiger charge is 2.20. The number of benzene rings is 2. The van der Waals surface area contributed by atoms with E-state index in [-0.39, 0.29) is 16.8 Å². The van der Waals surface area contributed by atoms with Crippen LogP contribution in [0.25, 0.3) is 22.3 Å². The number of non-ortho nitro benzene ring substituents is 1. The molecule has 2 aromatic heterocycles. The standard InChI is InChI=1S/C20H17N5O3S2/c1-12(30-20-22-15-8-3-4-9-17(15)24(20)2)18(26)23-19-21-16(11-29-19)13-6-5-7-14(10-13)25(27)28/h3-12H,1-2H3,(H,21,23,26). The summed E-state index contributed by atoms with van der Waals surface area (Å²) in [6, 6.07) is 14.1. The van der Waals surface area contributed by atoms with Gasteiger partial charge in [-0.15, -0.1) is 11.3 Å². The summed E-state index contributed by atoms with van der Waals surface area (Å²) < 4.78 is 1.97. The third-order valence-electron chi connectivity index (χ3n) is 4.48. The number of rotatable bonds is 6. The van der Waals surface area contributed by atoms with Gasteiger partial charge in [0, 0.05) is 30.1 Å². The molecular formula is C20H17N5O3S2. The smallest absolute Gasteiger partial charge is 0.270 e. The van der Waals surface area contributed by atoms with Crippen LogP contribution in [-0.2, 0) is 11.8 Å².